The highest BCUT2D eigenvalue weighted by Crippen LogP contribution is 2.22. The number of hydrogen-bond acceptors (Lipinski definition) is 4. The third-order valence-corrected chi connectivity index (χ3v) is 5.86. The molecule has 1 aliphatic heterocycles. The number of pyridine rings is 1. The highest BCUT2D eigenvalue weighted by atomic mass is 16.2. The molecule has 1 atom stereocenters. The van der Waals surface area contributed by atoms with Crippen molar-refractivity contribution in [3.63, 3.8) is 0 Å². The lowest BCUT2D eigenvalue weighted by molar-refractivity contribution is 0.0993. The summed E-state index contributed by atoms with van der Waals surface area (Å²) in [5.74, 6) is -0.0164. The van der Waals surface area contributed by atoms with Gasteiger partial charge in [-0.2, -0.15) is 0 Å². The number of piperazine rings is 1. The Labute approximate surface area is 184 Å². The number of carbonyl (C=O) groups is 1. The molecule has 2 heterocycles. The molecule has 5 nitrogen and oxygen atoms in total. The van der Waals surface area contributed by atoms with Gasteiger partial charge in [0, 0.05) is 68.0 Å². The number of anilines is 1. The first-order chi connectivity index (χ1) is 15.0. The Morgan fingerprint density at radius 1 is 1.06 bits per heavy atom. The van der Waals surface area contributed by atoms with Gasteiger partial charge in [-0.05, 0) is 55.3 Å². The number of aromatic nitrogens is 1. The molecule has 1 fully saturated rings. The lowest BCUT2D eigenvalue weighted by atomic mass is 10.0. The number of nitrogens with one attached hydrogen (secondary N) is 1. The first kappa shape index (κ1) is 21.2. The molecule has 0 spiro atoms. The topological polar surface area (TPSA) is 48.5 Å². The summed E-state index contributed by atoms with van der Waals surface area (Å²) in [6, 6.07) is 20.6. The number of aryl methyl sites for hydroxylation is 1. The molecule has 0 radical (unpaired) electrons. The van der Waals surface area contributed by atoms with E-state index in [0.717, 1.165) is 48.7 Å². The molecule has 5 heteroatoms. The fourth-order valence-electron chi connectivity index (χ4n) is 3.99. The Hall–Kier alpha value is -3.02. The molecule has 1 N–H and O–H groups in total. The third kappa shape index (κ3) is 5.19. The average molecular weight is 415 g/mol. The van der Waals surface area contributed by atoms with Crippen molar-refractivity contribution >= 4 is 11.6 Å². The third-order valence-electron chi connectivity index (χ3n) is 5.86. The van der Waals surface area contributed by atoms with E-state index in [0.29, 0.717) is 11.6 Å². The monoisotopic (exact) mass is 414 g/mol. The zero-order valence-electron chi connectivity index (χ0n) is 18.5. The van der Waals surface area contributed by atoms with Crippen LogP contribution in [0.1, 0.15) is 28.5 Å². The Bertz CT molecular complexity index is 1010. The predicted octanol–water partition coefficient (Wildman–Crippen LogP) is 4.13. The minimum atomic E-state index is -0.0164. The van der Waals surface area contributed by atoms with Crippen LogP contribution in [0, 0.1) is 6.92 Å². The van der Waals surface area contributed by atoms with Crippen molar-refractivity contribution in [3.05, 3.63) is 83.7 Å². The van der Waals surface area contributed by atoms with Gasteiger partial charge in [0.05, 0.1) is 0 Å². The molecule has 0 aliphatic carbocycles. The van der Waals surface area contributed by atoms with Gasteiger partial charge in [0.25, 0.3) is 5.91 Å². The van der Waals surface area contributed by atoms with Crippen LogP contribution in [-0.2, 0) is 6.54 Å². The van der Waals surface area contributed by atoms with Gasteiger partial charge in [-0.25, -0.2) is 0 Å². The van der Waals surface area contributed by atoms with Gasteiger partial charge in [0.2, 0.25) is 0 Å². The summed E-state index contributed by atoms with van der Waals surface area (Å²) in [6.07, 6.45) is 1.86. The van der Waals surface area contributed by atoms with Gasteiger partial charge in [-0.3, -0.25) is 14.7 Å². The maximum absolute atomic E-state index is 13.0. The number of hydrogen-bond donors (Lipinski definition) is 1. The molecule has 3 aromatic rings. The predicted molar refractivity (Wildman–Crippen MR) is 126 cm³/mol. The van der Waals surface area contributed by atoms with E-state index in [9.17, 15) is 4.79 Å². The Morgan fingerprint density at radius 2 is 1.77 bits per heavy atom. The second kappa shape index (κ2) is 9.41. The van der Waals surface area contributed by atoms with Crippen molar-refractivity contribution in [2.24, 2.45) is 0 Å². The van der Waals surface area contributed by atoms with Crippen LogP contribution in [0.4, 0.5) is 5.69 Å². The highest BCUT2D eigenvalue weighted by Gasteiger charge is 2.17. The molecule has 4 rings (SSSR count). The molecule has 2 aromatic carbocycles. The smallest absolute Gasteiger partial charge is 0.258 e. The molecule has 31 heavy (non-hydrogen) atoms. The van der Waals surface area contributed by atoms with Gasteiger partial charge in [0.15, 0.2) is 0 Å². The van der Waals surface area contributed by atoms with E-state index in [4.69, 9.17) is 0 Å². The number of rotatable bonds is 5. The molecule has 160 valence electrons. The fraction of sp³-hybridized carbons (Fsp3) is 0.308. The number of nitrogens with zero attached hydrogens (tertiary/aromatic N) is 3. The van der Waals surface area contributed by atoms with Gasteiger partial charge < -0.3 is 10.2 Å². The van der Waals surface area contributed by atoms with Crippen molar-refractivity contribution in [1.29, 1.82) is 0 Å². The number of carbonyl (C=O) groups excluding carboxylic acids is 1. The SMILES string of the molecule is Cc1ccc(-c2ccc(C(=O)N(C)c3ccc(CN4CCN[C@@H](C)C4)cc3)cc2)cn1. The van der Waals surface area contributed by atoms with Crippen LogP contribution < -0.4 is 10.2 Å². The van der Waals surface area contributed by atoms with E-state index in [-0.39, 0.29) is 5.91 Å². The fourth-order valence-corrected chi connectivity index (χ4v) is 3.99. The average Bonchev–Trinajstić information content (AvgIpc) is 2.79. The first-order valence-electron chi connectivity index (χ1n) is 10.9. The zero-order chi connectivity index (χ0) is 21.8. The van der Waals surface area contributed by atoms with E-state index in [1.807, 2.05) is 68.7 Å². The van der Waals surface area contributed by atoms with Crippen LogP contribution in [0.3, 0.4) is 0 Å². The normalized spacial score (nSPS) is 16.8. The summed E-state index contributed by atoms with van der Waals surface area (Å²) < 4.78 is 0. The molecule has 0 unspecified atom stereocenters. The number of amides is 1. The highest BCUT2D eigenvalue weighted by molar-refractivity contribution is 6.05. The molecular weight excluding hydrogens is 384 g/mol. The molecule has 1 aromatic heterocycles. The standard InChI is InChI=1S/C26H30N4O/c1-19-4-7-24(16-28-19)22-8-10-23(11-9-22)26(31)29(3)25-12-5-21(6-13-25)18-30-15-14-27-20(2)17-30/h4-13,16,20,27H,14-15,17-18H2,1-3H3/t20-/m0/s1. The second-order valence-electron chi connectivity index (χ2n) is 8.39. The lowest BCUT2D eigenvalue weighted by Gasteiger charge is -2.31. The lowest BCUT2D eigenvalue weighted by Crippen LogP contribution is -2.48. The Balaban J connectivity index is 1.41. The van der Waals surface area contributed by atoms with Crippen LogP contribution in [0.2, 0.25) is 0 Å². The summed E-state index contributed by atoms with van der Waals surface area (Å²) in [5, 5.41) is 3.48. The number of benzene rings is 2. The van der Waals surface area contributed by atoms with Crippen molar-refractivity contribution in [3.8, 4) is 11.1 Å². The van der Waals surface area contributed by atoms with E-state index >= 15 is 0 Å². The first-order valence-corrected chi connectivity index (χ1v) is 10.9. The van der Waals surface area contributed by atoms with Crippen LogP contribution in [-0.4, -0.2) is 48.5 Å². The minimum absolute atomic E-state index is 0.0164. The van der Waals surface area contributed by atoms with E-state index in [1.54, 1.807) is 4.90 Å². The summed E-state index contributed by atoms with van der Waals surface area (Å²) >= 11 is 0. The van der Waals surface area contributed by atoms with Crippen molar-refractivity contribution in [2.75, 3.05) is 31.6 Å². The molecular formula is C26H30N4O. The largest absolute Gasteiger partial charge is 0.312 e. The van der Waals surface area contributed by atoms with Crippen molar-refractivity contribution < 1.29 is 4.79 Å². The van der Waals surface area contributed by atoms with Crippen LogP contribution in [0.15, 0.2) is 66.9 Å². The van der Waals surface area contributed by atoms with Crippen LogP contribution in [0.5, 0.6) is 0 Å². The molecule has 1 saturated heterocycles. The van der Waals surface area contributed by atoms with Crippen molar-refractivity contribution in [1.82, 2.24) is 15.2 Å². The quantitative estimate of drug-likeness (QED) is 0.682. The van der Waals surface area contributed by atoms with Gasteiger partial charge in [0.1, 0.15) is 0 Å². The molecule has 0 saturated carbocycles. The summed E-state index contributed by atoms with van der Waals surface area (Å²) in [4.78, 5) is 21.5. The zero-order valence-corrected chi connectivity index (χ0v) is 18.5. The minimum Gasteiger partial charge on any atom is -0.312 e. The van der Waals surface area contributed by atoms with E-state index < -0.39 is 0 Å². The summed E-state index contributed by atoms with van der Waals surface area (Å²) in [5.41, 5.74) is 5.94. The van der Waals surface area contributed by atoms with Gasteiger partial charge in [-0.15, -0.1) is 0 Å². The maximum Gasteiger partial charge on any atom is 0.258 e. The Kier molecular flexibility index (Phi) is 6.44. The summed E-state index contributed by atoms with van der Waals surface area (Å²) in [6.45, 7) is 8.31. The second-order valence-corrected chi connectivity index (χ2v) is 8.39. The van der Waals surface area contributed by atoms with Crippen LogP contribution >= 0.6 is 0 Å². The molecule has 1 amide bonds. The Morgan fingerprint density at radius 3 is 2.42 bits per heavy atom. The van der Waals surface area contributed by atoms with Crippen molar-refractivity contribution in [2.45, 2.75) is 26.4 Å². The van der Waals surface area contributed by atoms with Crippen LogP contribution in [0.25, 0.3) is 11.1 Å². The van der Waals surface area contributed by atoms with E-state index in [1.165, 1.54) is 5.56 Å². The van der Waals surface area contributed by atoms with E-state index in [2.05, 4.69) is 34.3 Å². The molecule has 1 aliphatic rings. The maximum atomic E-state index is 13.0. The van der Waals surface area contributed by atoms with Gasteiger partial charge in [-0.1, -0.05) is 30.3 Å². The van der Waals surface area contributed by atoms with Gasteiger partial charge >= 0.3 is 0 Å². The summed E-state index contributed by atoms with van der Waals surface area (Å²) in [7, 11) is 1.83. The molecule has 0 bridgehead atoms.